The number of pyridine rings is 1. The van der Waals surface area contributed by atoms with E-state index in [0.717, 1.165) is 53.3 Å². The van der Waals surface area contributed by atoms with Crippen LogP contribution in [-0.2, 0) is 0 Å². The zero-order chi connectivity index (χ0) is 21.9. The van der Waals surface area contributed by atoms with Gasteiger partial charge in [0.15, 0.2) is 0 Å². The zero-order valence-electron chi connectivity index (χ0n) is 18.1. The minimum atomic E-state index is -0.218. The largest absolute Gasteiger partial charge is 0.490 e. The molecule has 1 aliphatic carbocycles. The minimum absolute atomic E-state index is 0.0333. The van der Waals surface area contributed by atoms with Crippen LogP contribution < -0.4 is 4.74 Å². The van der Waals surface area contributed by atoms with Gasteiger partial charge in [-0.25, -0.2) is 4.39 Å². The van der Waals surface area contributed by atoms with Gasteiger partial charge in [-0.1, -0.05) is 12.1 Å². The van der Waals surface area contributed by atoms with E-state index in [9.17, 15) is 4.39 Å². The number of fused-ring (bicyclic) bond motifs is 1. The molecule has 0 spiro atoms. The highest BCUT2D eigenvalue weighted by Crippen LogP contribution is 2.34. The molecule has 5 rings (SSSR count). The number of nitrogens with zero attached hydrogens (tertiary/aromatic N) is 3. The van der Waals surface area contributed by atoms with Gasteiger partial charge < -0.3 is 4.74 Å². The highest BCUT2D eigenvalue weighted by molar-refractivity contribution is 5.82. The molecule has 0 radical (unpaired) electrons. The molecule has 1 saturated carbocycles. The maximum atomic E-state index is 13.5. The van der Waals surface area contributed by atoms with Gasteiger partial charge in [-0.2, -0.15) is 5.10 Å². The fourth-order valence-electron chi connectivity index (χ4n) is 4.83. The van der Waals surface area contributed by atoms with Gasteiger partial charge in [0.1, 0.15) is 11.6 Å². The van der Waals surface area contributed by atoms with Crippen molar-refractivity contribution in [3.63, 3.8) is 0 Å². The number of halogens is 1. The lowest BCUT2D eigenvalue weighted by atomic mass is 9.89. The number of ether oxygens (including phenoxy) is 1. The predicted octanol–water partition coefficient (Wildman–Crippen LogP) is 5.51. The van der Waals surface area contributed by atoms with E-state index in [0.29, 0.717) is 6.04 Å². The molecule has 4 aromatic rings. The quantitative estimate of drug-likeness (QED) is 0.438. The predicted molar refractivity (Wildman–Crippen MR) is 123 cm³/mol. The molecule has 6 heteroatoms. The van der Waals surface area contributed by atoms with E-state index in [2.05, 4.69) is 39.3 Å². The van der Waals surface area contributed by atoms with E-state index in [-0.39, 0.29) is 18.0 Å². The molecule has 1 atom stereocenters. The van der Waals surface area contributed by atoms with Gasteiger partial charge in [0, 0.05) is 35.6 Å². The van der Waals surface area contributed by atoms with Gasteiger partial charge in [0.2, 0.25) is 0 Å². The first-order chi connectivity index (χ1) is 15.7. The van der Waals surface area contributed by atoms with Crippen LogP contribution in [0.2, 0.25) is 0 Å². The summed E-state index contributed by atoms with van der Waals surface area (Å²) in [6, 6.07) is 15.5. The third kappa shape index (κ3) is 4.36. The van der Waals surface area contributed by atoms with Crippen molar-refractivity contribution in [3.8, 4) is 5.75 Å². The molecule has 1 fully saturated rings. The molecule has 5 nitrogen and oxygen atoms in total. The topological polar surface area (TPSA) is 54.0 Å². The Morgan fingerprint density at radius 3 is 2.53 bits per heavy atom. The van der Waals surface area contributed by atoms with Crippen molar-refractivity contribution >= 4 is 10.8 Å². The second-order valence-corrected chi connectivity index (χ2v) is 8.58. The van der Waals surface area contributed by atoms with Crippen molar-refractivity contribution in [1.29, 1.82) is 0 Å². The monoisotopic (exact) mass is 430 g/mol. The smallest absolute Gasteiger partial charge is 0.123 e. The zero-order valence-corrected chi connectivity index (χ0v) is 18.1. The second-order valence-electron chi connectivity index (χ2n) is 8.58. The molecule has 2 aromatic heterocycles. The van der Waals surface area contributed by atoms with Crippen LogP contribution >= 0.6 is 0 Å². The first-order valence-electron chi connectivity index (χ1n) is 11.1. The van der Waals surface area contributed by atoms with Crippen molar-refractivity contribution in [2.24, 2.45) is 0 Å². The Balaban J connectivity index is 1.26. The van der Waals surface area contributed by atoms with Crippen LogP contribution in [0.5, 0.6) is 5.75 Å². The number of nitrogens with one attached hydrogen (secondary N) is 1. The lowest BCUT2D eigenvalue weighted by molar-refractivity contribution is 0.0878. The highest BCUT2D eigenvalue weighted by Gasteiger charge is 2.30. The Morgan fingerprint density at radius 2 is 1.78 bits per heavy atom. The molecule has 0 saturated heterocycles. The lowest BCUT2D eigenvalue weighted by Crippen LogP contribution is -2.40. The van der Waals surface area contributed by atoms with E-state index < -0.39 is 0 Å². The lowest BCUT2D eigenvalue weighted by Gasteiger charge is -2.39. The first-order valence-corrected chi connectivity index (χ1v) is 11.1. The summed E-state index contributed by atoms with van der Waals surface area (Å²) in [6.45, 7) is 0. The van der Waals surface area contributed by atoms with Crippen LogP contribution in [0.25, 0.3) is 10.8 Å². The molecular weight excluding hydrogens is 403 g/mol. The first kappa shape index (κ1) is 20.6. The van der Waals surface area contributed by atoms with Crippen molar-refractivity contribution in [2.75, 3.05) is 7.05 Å². The fourth-order valence-corrected chi connectivity index (χ4v) is 4.83. The van der Waals surface area contributed by atoms with Gasteiger partial charge in [0.25, 0.3) is 0 Å². The third-order valence-electron chi connectivity index (χ3n) is 6.56. The summed E-state index contributed by atoms with van der Waals surface area (Å²) in [5.74, 6) is 0.702. The minimum Gasteiger partial charge on any atom is -0.490 e. The van der Waals surface area contributed by atoms with E-state index >= 15 is 0 Å². The van der Waals surface area contributed by atoms with Crippen LogP contribution in [0.3, 0.4) is 0 Å². The van der Waals surface area contributed by atoms with Crippen molar-refractivity contribution in [3.05, 3.63) is 90.3 Å². The summed E-state index contributed by atoms with van der Waals surface area (Å²) in [5, 5.41) is 9.33. The number of benzene rings is 2. The number of hydrogen-bond acceptors (Lipinski definition) is 4. The SMILES string of the molecule is CN(C1CCC(Oc2ccc3cnccc3c2)CC1)C(c1ccc(F)cc1)c1cn[nH]c1. The van der Waals surface area contributed by atoms with Gasteiger partial charge in [-0.15, -0.1) is 0 Å². The van der Waals surface area contributed by atoms with Crippen LogP contribution in [0, 0.1) is 5.82 Å². The molecule has 0 bridgehead atoms. The summed E-state index contributed by atoms with van der Waals surface area (Å²) in [6.07, 6.45) is 11.8. The van der Waals surface area contributed by atoms with Gasteiger partial charge in [0.05, 0.1) is 18.3 Å². The van der Waals surface area contributed by atoms with Crippen molar-refractivity contribution < 1.29 is 9.13 Å². The number of rotatable bonds is 6. The summed E-state index contributed by atoms with van der Waals surface area (Å²) < 4.78 is 19.8. The molecule has 0 aliphatic heterocycles. The van der Waals surface area contributed by atoms with E-state index in [4.69, 9.17) is 4.74 Å². The number of hydrogen-bond donors (Lipinski definition) is 1. The fraction of sp³-hybridized carbons (Fsp3) is 0.308. The number of aromatic amines is 1. The molecule has 32 heavy (non-hydrogen) atoms. The Bertz CT molecular complexity index is 1150. The highest BCUT2D eigenvalue weighted by atomic mass is 19.1. The standard InChI is InChI=1S/C26H27FN4O/c1-31(26(21-16-29-30-17-21)18-2-5-22(27)6-3-18)23-7-10-24(11-8-23)32-25-9-4-20-15-28-13-12-19(20)14-25/h2-6,9,12-17,23-24,26H,7-8,10-11H2,1H3,(H,29,30). The van der Waals surface area contributed by atoms with Crippen LogP contribution in [-0.4, -0.2) is 39.3 Å². The number of H-pyrrole nitrogens is 1. The average molecular weight is 431 g/mol. The van der Waals surface area contributed by atoms with Gasteiger partial charge in [-0.3, -0.25) is 15.0 Å². The second kappa shape index (κ2) is 9.09. The van der Waals surface area contributed by atoms with E-state index in [1.807, 2.05) is 49.1 Å². The summed E-state index contributed by atoms with van der Waals surface area (Å²) in [4.78, 5) is 6.57. The summed E-state index contributed by atoms with van der Waals surface area (Å²) >= 11 is 0. The normalized spacial score (nSPS) is 19.8. The molecular formula is C26H27FN4O. The van der Waals surface area contributed by atoms with E-state index in [1.54, 1.807) is 0 Å². The summed E-state index contributed by atoms with van der Waals surface area (Å²) in [7, 11) is 2.16. The van der Waals surface area contributed by atoms with E-state index in [1.165, 1.54) is 12.1 Å². The van der Waals surface area contributed by atoms with Crippen molar-refractivity contribution in [2.45, 2.75) is 43.9 Å². The number of aromatic nitrogens is 3. The maximum Gasteiger partial charge on any atom is 0.123 e. The average Bonchev–Trinajstić information content (AvgIpc) is 3.35. The Kier molecular flexibility index (Phi) is 5.86. The Hall–Kier alpha value is -3.25. The van der Waals surface area contributed by atoms with Crippen LogP contribution in [0.1, 0.15) is 42.9 Å². The van der Waals surface area contributed by atoms with Crippen LogP contribution in [0.4, 0.5) is 4.39 Å². The molecule has 164 valence electrons. The van der Waals surface area contributed by atoms with Crippen molar-refractivity contribution in [1.82, 2.24) is 20.1 Å². The molecule has 1 unspecified atom stereocenters. The maximum absolute atomic E-state index is 13.5. The molecule has 1 N–H and O–H groups in total. The summed E-state index contributed by atoms with van der Waals surface area (Å²) in [5.41, 5.74) is 2.16. The van der Waals surface area contributed by atoms with Gasteiger partial charge in [-0.05, 0) is 80.1 Å². The molecule has 2 aromatic carbocycles. The van der Waals surface area contributed by atoms with Gasteiger partial charge >= 0.3 is 0 Å². The Morgan fingerprint density at radius 1 is 0.969 bits per heavy atom. The third-order valence-corrected chi connectivity index (χ3v) is 6.56. The Labute approximate surface area is 187 Å². The molecule has 2 heterocycles. The molecule has 1 aliphatic rings. The molecule has 0 amide bonds. The van der Waals surface area contributed by atoms with Crippen LogP contribution in [0.15, 0.2) is 73.3 Å².